The molecule has 2 atom stereocenters. The molecule has 0 aliphatic carbocycles. The number of aromatic nitrogens is 3. The third-order valence-electron chi connectivity index (χ3n) is 4.97. The molecule has 0 spiro atoms. The number of carbonyl (C=O) groups excluding carboxylic acids is 1. The lowest BCUT2D eigenvalue weighted by molar-refractivity contribution is 0.249. The molecule has 3 heterocycles. The van der Waals surface area contributed by atoms with Crippen LogP contribution >= 0.6 is 0 Å². The second kappa shape index (κ2) is 8.26. The maximum atomic E-state index is 12.3. The molecule has 28 heavy (non-hydrogen) atoms. The summed E-state index contributed by atoms with van der Waals surface area (Å²) in [5.74, 6) is 1.27. The van der Waals surface area contributed by atoms with Crippen molar-refractivity contribution in [1.82, 2.24) is 25.8 Å². The fourth-order valence-electron chi connectivity index (χ4n) is 3.43. The lowest BCUT2D eigenvalue weighted by Gasteiger charge is -2.23. The van der Waals surface area contributed by atoms with Gasteiger partial charge in [0.1, 0.15) is 5.82 Å². The number of aromatic amines is 1. The van der Waals surface area contributed by atoms with Gasteiger partial charge in [0.2, 0.25) is 0 Å². The van der Waals surface area contributed by atoms with Crippen molar-refractivity contribution in [3.8, 4) is 0 Å². The van der Waals surface area contributed by atoms with Crippen LogP contribution in [0.3, 0.4) is 0 Å². The molecule has 1 saturated heterocycles. The summed E-state index contributed by atoms with van der Waals surface area (Å²) in [6, 6.07) is 11.6. The molecule has 0 saturated carbocycles. The monoisotopic (exact) mass is 379 g/mol. The van der Waals surface area contributed by atoms with E-state index in [9.17, 15) is 4.79 Å². The summed E-state index contributed by atoms with van der Waals surface area (Å²) in [7, 11) is 0. The zero-order valence-corrected chi connectivity index (χ0v) is 15.8. The van der Waals surface area contributed by atoms with Crippen LogP contribution in [0.5, 0.6) is 0 Å². The van der Waals surface area contributed by atoms with Crippen molar-refractivity contribution in [2.75, 3.05) is 23.7 Å². The third-order valence-corrected chi connectivity index (χ3v) is 4.97. The van der Waals surface area contributed by atoms with Gasteiger partial charge in [-0.2, -0.15) is 5.10 Å². The largest absolute Gasteiger partial charge is 0.364 e. The molecule has 0 radical (unpaired) electrons. The first kappa shape index (κ1) is 18.2. The Bertz CT molecular complexity index is 934. The molecule has 3 aromatic rings. The molecule has 2 aromatic heterocycles. The predicted molar refractivity (Wildman–Crippen MR) is 110 cm³/mol. The van der Waals surface area contributed by atoms with Crippen LogP contribution in [0.2, 0.25) is 0 Å². The molecule has 1 aliphatic rings. The van der Waals surface area contributed by atoms with Gasteiger partial charge in [0.25, 0.3) is 0 Å². The minimum atomic E-state index is -0.297. The zero-order chi connectivity index (χ0) is 19.3. The van der Waals surface area contributed by atoms with Crippen LogP contribution in [0, 0.1) is 0 Å². The van der Waals surface area contributed by atoms with Crippen molar-refractivity contribution in [3.05, 3.63) is 48.2 Å². The number of H-pyrrole nitrogens is 1. The van der Waals surface area contributed by atoms with Crippen LogP contribution in [0.4, 0.5) is 16.4 Å². The van der Waals surface area contributed by atoms with Gasteiger partial charge in [-0.1, -0.05) is 30.3 Å². The van der Waals surface area contributed by atoms with Gasteiger partial charge >= 0.3 is 6.03 Å². The van der Waals surface area contributed by atoms with Gasteiger partial charge in [-0.15, -0.1) is 0 Å². The van der Waals surface area contributed by atoms with Crippen molar-refractivity contribution < 1.29 is 4.79 Å². The molecule has 1 aromatic carbocycles. The van der Waals surface area contributed by atoms with Crippen LogP contribution in [-0.4, -0.2) is 40.3 Å². The maximum absolute atomic E-state index is 12.3. The fraction of sp³-hybridized carbons (Fsp3) is 0.350. The molecular formula is C20H25N7O. The third kappa shape index (κ3) is 4.23. The summed E-state index contributed by atoms with van der Waals surface area (Å²) >= 11 is 0. The summed E-state index contributed by atoms with van der Waals surface area (Å²) in [4.78, 5) is 16.7. The Balaban J connectivity index is 1.40. The Kier molecular flexibility index (Phi) is 5.38. The number of anilines is 2. The van der Waals surface area contributed by atoms with Gasteiger partial charge in [0, 0.05) is 24.8 Å². The number of hydrogen-bond acceptors (Lipinski definition) is 5. The highest BCUT2D eigenvalue weighted by atomic mass is 16.2. The number of benzene rings is 1. The Morgan fingerprint density at radius 3 is 2.93 bits per heavy atom. The number of carbonyl (C=O) groups is 1. The topological polar surface area (TPSA) is 107 Å². The van der Waals surface area contributed by atoms with Crippen LogP contribution in [-0.2, 0) is 0 Å². The van der Waals surface area contributed by atoms with Gasteiger partial charge in [0.05, 0.1) is 16.9 Å². The molecule has 1 fully saturated rings. The lowest BCUT2D eigenvalue weighted by Crippen LogP contribution is -2.38. The van der Waals surface area contributed by atoms with Gasteiger partial charge in [0.15, 0.2) is 5.82 Å². The molecule has 2 amide bonds. The van der Waals surface area contributed by atoms with Gasteiger partial charge in [-0.3, -0.25) is 10.4 Å². The molecule has 2 unspecified atom stereocenters. The number of nitrogens with one attached hydrogen (secondary N) is 5. The Labute approximate surface area is 163 Å². The van der Waals surface area contributed by atoms with E-state index in [-0.39, 0.29) is 12.1 Å². The number of amides is 2. The van der Waals surface area contributed by atoms with Gasteiger partial charge < -0.3 is 16.0 Å². The van der Waals surface area contributed by atoms with E-state index in [0.717, 1.165) is 48.2 Å². The molecule has 0 bridgehead atoms. The summed E-state index contributed by atoms with van der Waals surface area (Å²) < 4.78 is 0. The maximum Gasteiger partial charge on any atom is 0.320 e. The second-order valence-corrected chi connectivity index (χ2v) is 7.11. The number of pyridine rings is 1. The number of piperidine rings is 1. The van der Waals surface area contributed by atoms with E-state index in [2.05, 4.69) is 36.4 Å². The average Bonchev–Trinajstić information content (AvgIpc) is 3.11. The quantitative estimate of drug-likeness (QED) is 0.468. The molecule has 146 valence electrons. The van der Waals surface area contributed by atoms with E-state index >= 15 is 0 Å². The minimum absolute atomic E-state index is 0.100. The molecule has 8 nitrogen and oxygen atoms in total. The van der Waals surface area contributed by atoms with Crippen molar-refractivity contribution in [3.63, 3.8) is 0 Å². The highest BCUT2D eigenvalue weighted by Gasteiger charge is 2.16. The normalized spacial score (nSPS) is 17.8. The minimum Gasteiger partial charge on any atom is -0.364 e. The summed E-state index contributed by atoms with van der Waals surface area (Å²) in [6.07, 6.45) is 4.00. The highest BCUT2D eigenvalue weighted by Crippen LogP contribution is 2.23. The predicted octanol–water partition coefficient (Wildman–Crippen LogP) is 3.00. The standard InChI is InChI=1S/C20H25N7O/c1-13(14-6-3-2-4-7-14)23-20(28)25-18-10-17-16(12-22-18)19(27-26-17)24-15-8-5-9-21-11-15/h2-4,6-7,10,12-13,15,21H,5,8-9,11H2,1H3,(H2,24,26,27)(H2,22,23,25,28). The number of fused-ring (bicyclic) bond motifs is 1. The molecule has 4 rings (SSSR count). The Morgan fingerprint density at radius 1 is 1.29 bits per heavy atom. The second-order valence-electron chi connectivity index (χ2n) is 7.11. The van der Waals surface area contributed by atoms with E-state index in [0.29, 0.717) is 11.9 Å². The summed E-state index contributed by atoms with van der Waals surface area (Å²) in [5, 5.41) is 20.8. The van der Waals surface area contributed by atoms with E-state index < -0.39 is 0 Å². The molecule has 5 N–H and O–H groups in total. The van der Waals surface area contributed by atoms with E-state index in [1.165, 1.54) is 0 Å². The lowest BCUT2D eigenvalue weighted by atomic mass is 10.1. The summed E-state index contributed by atoms with van der Waals surface area (Å²) in [6.45, 7) is 3.95. The van der Waals surface area contributed by atoms with Crippen molar-refractivity contribution in [1.29, 1.82) is 0 Å². The van der Waals surface area contributed by atoms with Crippen LogP contribution in [0.1, 0.15) is 31.4 Å². The number of hydrogen-bond donors (Lipinski definition) is 5. The Morgan fingerprint density at radius 2 is 2.14 bits per heavy atom. The first-order chi connectivity index (χ1) is 13.7. The van der Waals surface area contributed by atoms with E-state index in [1.54, 1.807) is 12.3 Å². The number of urea groups is 1. The first-order valence-corrected chi connectivity index (χ1v) is 9.63. The van der Waals surface area contributed by atoms with Crippen LogP contribution in [0.25, 0.3) is 10.9 Å². The van der Waals surface area contributed by atoms with Crippen molar-refractivity contribution >= 4 is 28.6 Å². The smallest absolute Gasteiger partial charge is 0.320 e. The SMILES string of the molecule is CC(NC(=O)Nc1cc2[nH]nc(NC3CCCNC3)c2cn1)c1ccccc1. The van der Waals surface area contributed by atoms with E-state index in [1.807, 2.05) is 37.3 Å². The zero-order valence-electron chi connectivity index (χ0n) is 15.8. The van der Waals surface area contributed by atoms with Gasteiger partial charge in [-0.05, 0) is 31.9 Å². The van der Waals surface area contributed by atoms with Crippen LogP contribution in [0.15, 0.2) is 42.6 Å². The van der Waals surface area contributed by atoms with E-state index in [4.69, 9.17) is 0 Å². The van der Waals surface area contributed by atoms with Crippen LogP contribution < -0.4 is 21.3 Å². The number of nitrogens with zero attached hydrogens (tertiary/aromatic N) is 2. The first-order valence-electron chi connectivity index (χ1n) is 9.63. The van der Waals surface area contributed by atoms with Gasteiger partial charge in [-0.25, -0.2) is 9.78 Å². The average molecular weight is 379 g/mol. The molecular weight excluding hydrogens is 354 g/mol. The highest BCUT2D eigenvalue weighted by molar-refractivity contribution is 5.94. The Hall–Kier alpha value is -3.13. The van der Waals surface area contributed by atoms with Crippen molar-refractivity contribution in [2.24, 2.45) is 0 Å². The van der Waals surface area contributed by atoms with Crippen molar-refractivity contribution in [2.45, 2.75) is 31.8 Å². The molecule has 1 aliphatic heterocycles. The summed E-state index contributed by atoms with van der Waals surface area (Å²) in [5.41, 5.74) is 1.87. The number of rotatable bonds is 5. The fourth-order valence-corrected chi connectivity index (χ4v) is 3.43. The molecule has 8 heteroatoms.